The van der Waals surface area contributed by atoms with Crippen molar-refractivity contribution in [1.82, 2.24) is 4.90 Å². The first kappa shape index (κ1) is 13.9. The van der Waals surface area contributed by atoms with E-state index in [0.29, 0.717) is 18.4 Å². The Morgan fingerprint density at radius 3 is 2.29 bits per heavy atom. The van der Waals surface area contributed by atoms with Crippen molar-refractivity contribution < 1.29 is 5.11 Å². The van der Waals surface area contributed by atoms with E-state index in [1.54, 1.807) is 0 Å². The van der Waals surface area contributed by atoms with Gasteiger partial charge in [-0.3, -0.25) is 0 Å². The van der Waals surface area contributed by atoms with Crippen molar-refractivity contribution in [2.24, 2.45) is 11.8 Å². The van der Waals surface area contributed by atoms with E-state index >= 15 is 0 Å². The number of unbranched alkanes of at least 4 members (excludes halogenated alkanes) is 2. The molecule has 0 aromatic carbocycles. The molecule has 0 fully saturated rings. The van der Waals surface area contributed by atoms with Crippen LogP contribution in [0.25, 0.3) is 0 Å². The normalized spacial score (nSPS) is 13.9. The zero-order valence-corrected chi connectivity index (χ0v) is 10.3. The van der Waals surface area contributed by atoms with E-state index < -0.39 is 0 Å². The van der Waals surface area contributed by atoms with E-state index in [2.05, 4.69) is 32.7 Å². The molecular weight excluding hydrogens is 174 g/mol. The van der Waals surface area contributed by atoms with E-state index in [4.69, 9.17) is 0 Å². The second-order valence-corrected chi connectivity index (χ2v) is 4.66. The highest BCUT2D eigenvalue weighted by Gasteiger charge is 2.13. The summed E-state index contributed by atoms with van der Waals surface area (Å²) in [4.78, 5) is 2.34. The van der Waals surface area contributed by atoms with Crippen LogP contribution in [0.3, 0.4) is 0 Å². The fraction of sp³-hybridized carbons (Fsp3) is 1.00. The van der Waals surface area contributed by atoms with Gasteiger partial charge in [0.25, 0.3) is 0 Å². The summed E-state index contributed by atoms with van der Waals surface area (Å²) in [5.74, 6) is 1.01. The molecule has 2 nitrogen and oxygen atoms in total. The molecular formula is C12H27NO. The van der Waals surface area contributed by atoms with Gasteiger partial charge in [0.15, 0.2) is 0 Å². The predicted molar refractivity (Wildman–Crippen MR) is 62.4 cm³/mol. The maximum Gasteiger partial charge on any atom is 0.0473 e. The van der Waals surface area contributed by atoms with Gasteiger partial charge in [0, 0.05) is 13.2 Å². The fourth-order valence-electron chi connectivity index (χ4n) is 1.60. The van der Waals surface area contributed by atoms with Crippen LogP contribution in [0.15, 0.2) is 0 Å². The topological polar surface area (TPSA) is 23.5 Å². The monoisotopic (exact) mass is 201 g/mol. The molecule has 0 aliphatic rings. The van der Waals surface area contributed by atoms with Crippen molar-refractivity contribution >= 4 is 0 Å². The molecule has 0 aliphatic carbocycles. The van der Waals surface area contributed by atoms with Gasteiger partial charge in [-0.1, -0.05) is 33.6 Å². The number of hydrogen-bond donors (Lipinski definition) is 1. The van der Waals surface area contributed by atoms with Crippen molar-refractivity contribution in [3.63, 3.8) is 0 Å². The molecule has 0 aliphatic heterocycles. The van der Waals surface area contributed by atoms with Crippen LogP contribution < -0.4 is 0 Å². The van der Waals surface area contributed by atoms with Crippen molar-refractivity contribution in [3.8, 4) is 0 Å². The van der Waals surface area contributed by atoms with Gasteiger partial charge in [0.2, 0.25) is 0 Å². The highest BCUT2D eigenvalue weighted by molar-refractivity contribution is 4.66. The van der Waals surface area contributed by atoms with Gasteiger partial charge in [0.1, 0.15) is 0 Å². The lowest BCUT2D eigenvalue weighted by Crippen LogP contribution is -2.31. The zero-order valence-electron chi connectivity index (χ0n) is 10.3. The molecule has 0 saturated carbocycles. The Morgan fingerprint density at radius 1 is 1.21 bits per heavy atom. The minimum Gasteiger partial charge on any atom is -0.396 e. The van der Waals surface area contributed by atoms with E-state index in [0.717, 1.165) is 13.1 Å². The molecule has 1 unspecified atom stereocenters. The third kappa shape index (κ3) is 6.39. The maximum atomic E-state index is 9.19. The smallest absolute Gasteiger partial charge is 0.0473 e. The van der Waals surface area contributed by atoms with Crippen molar-refractivity contribution in [2.45, 2.75) is 40.0 Å². The maximum absolute atomic E-state index is 9.19. The molecule has 2 heteroatoms. The molecule has 0 radical (unpaired) electrons. The minimum absolute atomic E-state index is 0.315. The van der Waals surface area contributed by atoms with Crippen LogP contribution in [0.2, 0.25) is 0 Å². The van der Waals surface area contributed by atoms with Crippen LogP contribution in [0.4, 0.5) is 0 Å². The highest BCUT2D eigenvalue weighted by atomic mass is 16.3. The third-order valence-corrected chi connectivity index (χ3v) is 2.87. The Balaban J connectivity index is 3.62. The lowest BCUT2D eigenvalue weighted by atomic mass is 9.96. The Kier molecular flexibility index (Phi) is 8.20. The Morgan fingerprint density at radius 2 is 1.86 bits per heavy atom. The van der Waals surface area contributed by atoms with Gasteiger partial charge in [-0.25, -0.2) is 0 Å². The fourth-order valence-corrected chi connectivity index (χ4v) is 1.60. The lowest BCUT2D eigenvalue weighted by molar-refractivity contribution is 0.145. The first-order valence-corrected chi connectivity index (χ1v) is 5.91. The number of rotatable bonds is 8. The molecule has 0 heterocycles. The largest absolute Gasteiger partial charge is 0.396 e. The first-order chi connectivity index (χ1) is 6.61. The number of hydrogen-bond acceptors (Lipinski definition) is 2. The first-order valence-electron chi connectivity index (χ1n) is 5.91. The molecule has 0 rings (SSSR count). The molecule has 0 bridgehead atoms. The average molecular weight is 201 g/mol. The summed E-state index contributed by atoms with van der Waals surface area (Å²) in [6.07, 6.45) is 3.88. The second kappa shape index (κ2) is 8.25. The molecule has 1 N–H and O–H groups in total. The minimum atomic E-state index is 0.315. The van der Waals surface area contributed by atoms with Crippen LogP contribution in [-0.2, 0) is 0 Å². The standard InChI is InChI=1S/C12H27NO/c1-5-6-7-8-13(4)9-12(10-14)11(2)3/h11-12,14H,5-10H2,1-4H3. The van der Waals surface area contributed by atoms with Gasteiger partial charge in [-0.2, -0.15) is 0 Å². The van der Waals surface area contributed by atoms with Gasteiger partial charge in [-0.15, -0.1) is 0 Å². The van der Waals surface area contributed by atoms with Gasteiger partial charge >= 0.3 is 0 Å². The summed E-state index contributed by atoms with van der Waals surface area (Å²) in [6.45, 7) is 9.09. The Hall–Kier alpha value is -0.0800. The lowest BCUT2D eigenvalue weighted by Gasteiger charge is -2.25. The molecule has 0 aromatic heterocycles. The van der Waals surface area contributed by atoms with Gasteiger partial charge in [-0.05, 0) is 31.8 Å². The summed E-state index contributed by atoms with van der Waals surface area (Å²) in [7, 11) is 2.15. The SMILES string of the molecule is CCCCCN(C)CC(CO)C(C)C. The zero-order chi connectivity index (χ0) is 11.0. The molecule has 0 spiro atoms. The molecule has 0 aromatic rings. The van der Waals surface area contributed by atoms with Crippen molar-refractivity contribution in [3.05, 3.63) is 0 Å². The van der Waals surface area contributed by atoms with Gasteiger partial charge in [0.05, 0.1) is 0 Å². The summed E-state index contributed by atoms with van der Waals surface area (Å²) in [5.41, 5.74) is 0. The summed E-state index contributed by atoms with van der Waals surface area (Å²) in [5, 5.41) is 9.19. The molecule has 14 heavy (non-hydrogen) atoms. The van der Waals surface area contributed by atoms with Crippen LogP contribution >= 0.6 is 0 Å². The Bertz CT molecular complexity index is 125. The quantitative estimate of drug-likeness (QED) is 0.609. The van der Waals surface area contributed by atoms with Gasteiger partial charge < -0.3 is 10.0 Å². The Labute approximate surface area is 89.3 Å². The van der Waals surface area contributed by atoms with E-state index in [1.807, 2.05) is 0 Å². The summed E-state index contributed by atoms with van der Waals surface area (Å²) in [6, 6.07) is 0. The number of nitrogens with zero attached hydrogens (tertiary/aromatic N) is 1. The van der Waals surface area contributed by atoms with Crippen LogP contribution in [0, 0.1) is 11.8 Å². The highest BCUT2D eigenvalue weighted by Crippen LogP contribution is 2.11. The van der Waals surface area contributed by atoms with E-state index in [1.165, 1.54) is 19.3 Å². The van der Waals surface area contributed by atoms with Crippen LogP contribution in [0.1, 0.15) is 40.0 Å². The van der Waals surface area contributed by atoms with E-state index in [9.17, 15) is 5.11 Å². The molecule has 86 valence electrons. The molecule has 0 saturated heterocycles. The van der Waals surface area contributed by atoms with Crippen LogP contribution in [-0.4, -0.2) is 36.8 Å². The van der Waals surface area contributed by atoms with E-state index in [-0.39, 0.29) is 0 Å². The van der Waals surface area contributed by atoms with Crippen LogP contribution in [0.5, 0.6) is 0 Å². The number of aliphatic hydroxyl groups excluding tert-OH is 1. The molecule has 0 amide bonds. The third-order valence-electron chi connectivity index (χ3n) is 2.87. The second-order valence-electron chi connectivity index (χ2n) is 4.66. The van der Waals surface area contributed by atoms with Crippen molar-refractivity contribution in [2.75, 3.05) is 26.7 Å². The average Bonchev–Trinajstić information content (AvgIpc) is 2.14. The number of aliphatic hydroxyl groups is 1. The predicted octanol–water partition coefficient (Wildman–Crippen LogP) is 2.37. The summed E-state index contributed by atoms with van der Waals surface area (Å²) >= 11 is 0. The van der Waals surface area contributed by atoms with Crippen molar-refractivity contribution in [1.29, 1.82) is 0 Å². The molecule has 1 atom stereocenters. The summed E-state index contributed by atoms with van der Waals surface area (Å²) < 4.78 is 0.